The lowest BCUT2D eigenvalue weighted by Crippen LogP contribution is -2.00. The average Bonchev–Trinajstić information content (AvgIpc) is 2.63. The fraction of sp³-hybridized carbons (Fsp3) is 0.211. The van der Waals surface area contributed by atoms with Gasteiger partial charge in [-0.25, -0.2) is 4.79 Å². The molecular weight excluding hydrogens is 304 g/mol. The van der Waals surface area contributed by atoms with Crippen LogP contribution < -0.4 is 0 Å². The van der Waals surface area contributed by atoms with Gasteiger partial charge in [-0.2, -0.15) is 0 Å². The molecule has 0 fully saturated rings. The highest BCUT2D eigenvalue weighted by atomic mass is 16.4. The largest absolute Gasteiger partial charge is 0.478 e. The van der Waals surface area contributed by atoms with E-state index < -0.39 is 5.97 Å². The highest BCUT2D eigenvalue weighted by Crippen LogP contribution is 2.18. The number of aliphatic hydroxyl groups is 1. The molecule has 0 amide bonds. The molecule has 0 radical (unpaired) electrons. The maximum atomic E-state index is 11.0. The monoisotopic (exact) mass is 324 g/mol. The van der Waals surface area contributed by atoms with Crippen LogP contribution >= 0.6 is 0 Å². The van der Waals surface area contributed by atoms with E-state index in [0.717, 1.165) is 22.0 Å². The summed E-state index contributed by atoms with van der Waals surface area (Å²) in [5.74, 6) is -0.959. The Morgan fingerprint density at radius 3 is 2.50 bits per heavy atom. The first-order valence-corrected chi connectivity index (χ1v) is 7.82. The number of hydrogen-bond donors (Lipinski definition) is 2. The molecule has 1 aromatic carbocycles. The molecule has 3 rings (SSSR count). The fourth-order valence-corrected chi connectivity index (χ4v) is 2.34. The van der Waals surface area contributed by atoms with Crippen LogP contribution in [0.25, 0.3) is 10.9 Å². The number of pyridine rings is 2. The smallest absolute Gasteiger partial charge is 0.335 e. The van der Waals surface area contributed by atoms with Gasteiger partial charge in [-0.3, -0.25) is 9.97 Å². The third-order valence-corrected chi connectivity index (χ3v) is 3.43. The molecule has 124 valence electrons. The SMILES string of the molecule is CC.O=C(O)c1ccnc(Cc2ccc3ncc(CO)cc3c2)c1. The second-order valence-corrected chi connectivity index (χ2v) is 5.05. The minimum atomic E-state index is -0.959. The third kappa shape index (κ3) is 4.14. The van der Waals surface area contributed by atoms with Gasteiger partial charge in [0.1, 0.15) is 0 Å². The molecule has 2 aromatic heterocycles. The number of carboxylic acids is 1. The van der Waals surface area contributed by atoms with E-state index in [2.05, 4.69) is 9.97 Å². The fourth-order valence-electron chi connectivity index (χ4n) is 2.34. The molecule has 0 aliphatic rings. The van der Waals surface area contributed by atoms with E-state index in [0.29, 0.717) is 12.1 Å². The molecule has 0 unspecified atom stereocenters. The lowest BCUT2D eigenvalue weighted by atomic mass is 10.0. The van der Waals surface area contributed by atoms with Crippen molar-refractivity contribution in [2.45, 2.75) is 26.9 Å². The van der Waals surface area contributed by atoms with Gasteiger partial charge in [-0.15, -0.1) is 0 Å². The molecule has 5 nitrogen and oxygen atoms in total. The first-order valence-electron chi connectivity index (χ1n) is 7.82. The predicted molar refractivity (Wildman–Crippen MR) is 93.0 cm³/mol. The van der Waals surface area contributed by atoms with Crippen molar-refractivity contribution in [3.05, 3.63) is 71.2 Å². The highest BCUT2D eigenvalue weighted by molar-refractivity contribution is 5.87. The van der Waals surface area contributed by atoms with Crippen LogP contribution in [0.3, 0.4) is 0 Å². The summed E-state index contributed by atoms with van der Waals surface area (Å²) in [7, 11) is 0. The summed E-state index contributed by atoms with van der Waals surface area (Å²) in [6.45, 7) is 3.95. The van der Waals surface area contributed by atoms with Crippen LogP contribution in [0, 0.1) is 0 Å². The zero-order valence-electron chi connectivity index (χ0n) is 13.7. The van der Waals surface area contributed by atoms with Gasteiger partial charge in [0.15, 0.2) is 0 Å². The lowest BCUT2D eigenvalue weighted by Gasteiger charge is -2.05. The van der Waals surface area contributed by atoms with Crippen LogP contribution in [0.15, 0.2) is 48.8 Å². The molecular formula is C19H20N2O3. The van der Waals surface area contributed by atoms with Crippen LogP contribution in [0.4, 0.5) is 0 Å². The number of carboxylic acid groups (broad SMARTS) is 1. The van der Waals surface area contributed by atoms with Gasteiger partial charge in [0.25, 0.3) is 0 Å². The van der Waals surface area contributed by atoms with Crippen LogP contribution in [0.5, 0.6) is 0 Å². The molecule has 5 heteroatoms. The van der Waals surface area contributed by atoms with E-state index in [1.165, 1.54) is 12.3 Å². The molecule has 0 aliphatic carbocycles. The number of aromatic nitrogens is 2. The van der Waals surface area contributed by atoms with E-state index in [-0.39, 0.29) is 12.2 Å². The molecule has 0 bridgehead atoms. The Hall–Kier alpha value is -2.79. The van der Waals surface area contributed by atoms with Gasteiger partial charge in [0.05, 0.1) is 17.7 Å². The summed E-state index contributed by atoms with van der Waals surface area (Å²) in [6.07, 6.45) is 3.70. The zero-order valence-corrected chi connectivity index (χ0v) is 13.7. The maximum Gasteiger partial charge on any atom is 0.335 e. The number of rotatable bonds is 4. The number of benzene rings is 1. The van der Waals surface area contributed by atoms with Crippen molar-refractivity contribution < 1.29 is 15.0 Å². The van der Waals surface area contributed by atoms with Crippen LogP contribution in [0.2, 0.25) is 0 Å². The first-order chi connectivity index (χ1) is 11.7. The van der Waals surface area contributed by atoms with Crippen LogP contribution in [0.1, 0.15) is 41.0 Å². The molecule has 0 saturated carbocycles. The number of hydrogen-bond acceptors (Lipinski definition) is 4. The molecule has 2 N–H and O–H groups in total. The molecule has 2 heterocycles. The van der Waals surface area contributed by atoms with Crippen LogP contribution in [-0.2, 0) is 13.0 Å². The molecule has 24 heavy (non-hydrogen) atoms. The Bertz CT molecular complexity index is 847. The summed E-state index contributed by atoms with van der Waals surface area (Å²) in [5, 5.41) is 19.1. The van der Waals surface area contributed by atoms with E-state index in [1.54, 1.807) is 12.3 Å². The summed E-state index contributed by atoms with van der Waals surface area (Å²) in [4.78, 5) is 19.5. The van der Waals surface area contributed by atoms with E-state index in [4.69, 9.17) is 5.11 Å². The maximum absolute atomic E-state index is 11.0. The summed E-state index contributed by atoms with van der Waals surface area (Å²) in [5.41, 5.74) is 3.56. The topological polar surface area (TPSA) is 83.3 Å². The van der Waals surface area contributed by atoms with Crippen molar-refractivity contribution >= 4 is 16.9 Å². The van der Waals surface area contributed by atoms with Gasteiger partial charge in [0.2, 0.25) is 0 Å². The van der Waals surface area contributed by atoms with Crippen LogP contribution in [-0.4, -0.2) is 26.2 Å². The van der Waals surface area contributed by atoms with Gasteiger partial charge in [-0.05, 0) is 41.5 Å². The number of aliphatic hydroxyl groups excluding tert-OH is 1. The summed E-state index contributed by atoms with van der Waals surface area (Å²) in [6, 6.07) is 10.8. The quantitative estimate of drug-likeness (QED) is 0.768. The van der Waals surface area contributed by atoms with Crippen molar-refractivity contribution in [2.24, 2.45) is 0 Å². The Morgan fingerprint density at radius 2 is 1.79 bits per heavy atom. The number of aromatic carboxylic acids is 1. The number of nitrogens with zero attached hydrogens (tertiary/aromatic N) is 2. The van der Waals surface area contributed by atoms with Crippen molar-refractivity contribution in [3.63, 3.8) is 0 Å². The summed E-state index contributed by atoms with van der Waals surface area (Å²) >= 11 is 0. The molecule has 0 spiro atoms. The van der Waals surface area contributed by atoms with Gasteiger partial charge < -0.3 is 10.2 Å². The minimum absolute atomic E-state index is 0.0462. The van der Waals surface area contributed by atoms with Crippen molar-refractivity contribution in [1.82, 2.24) is 9.97 Å². The van der Waals surface area contributed by atoms with E-state index in [9.17, 15) is 9.90 Å². The highest BCUT2D eigenvalue weighted by Gasteiger charge is 2.06. The normalized spacial score (nSPS) is 10.1. The van der Waals surface area contributed by atoms with E-state index >= 15 is 0 Å². The number of carbonyl (C=O) groups is 1. The second-order valence-electron chi connectivity index (χ2n) is 5.05. The van der Waals surface area contributed by atoms with Gasteiger partial charge in [-0.1, -0.05) is 19.9 Å². The molecule has 3 aromatic rings. The Morgan fingerprint density at radius 1 is 1.04 bits per heavy atom. The first kappa shape index (κ1) is 17.6. The number of fused-ring (bicyclic) bond motifs is 1. The Balaban J connectivity index is 0.00000100. The summed E-state index contributed by atoms with van der Waals surface area (Å²) < 4.78 is 0. The van der Waals surface area contributed by atoms with Crippen molar-refractivity contribution in [1.29, 1.82) is 0 Å². The molecule has 0 atom stereocenters. The van der Waals surface area contributed by atoms with E-state index in [1.807, 2.05) is 38.1 Å². The Kier molecular flexibility index (Phi) is 5.98. The van der Waals surface area contributed by atoms with Gasteiger partial charge >= 0.3 is 5.97 Å². The molecule has 0 aliphatic heterocycles. The van der Waals surface area contributed by atoms with Crippen molar-refractivity contribution in [3.8, 4) is 0 Å². The third-order valence-electron chi connectivity index (χ3n) is 3.43. The molecule has 0 saturated heterocycles. The second kappa shape index (κ2) is 8.17. The predicted octanol–water partition coefficient (Wildman–Crippen LogP) is 3.44. The minimum Gasteiger partial charge on any atom is -0.478 e. The zero-order chi connectivity index (χ0) is 17.5. The standard InChI is InChI=1S/C17H14N2O3.C2H6/c20-10-12-6-14-5-11(1-2-16(14)19-9-12)7-15-8-13(17(21)22)3-4-18-15;1-2/h1-6,8-9,20H,7,10H2,(H,21,22);1-2H3. The van der Waals surface area contributed by atoms with Crippen molar-refractivity contribution in [2.75, 3.05) is 0 Å². The average molecular weight is 324 g/mol. The Labute approximate surface area is 140 Å². The lowest BCUT2D eigenvalue weighted by molar-refractivity contribution is 0.0696. The van der Waals surface area contributed by atoms with Gasteiger partial charge in [0, 0.05) is 29.9 Å².